The van der Waals surface area contributed by atoms with Gasteiger partial charge < -0.3 is 5.43 Å². The molecule has 1 rings (SSSR count). The van der Waals surface area contributed by atoms with E-state index in [-0.39, 0.29) is 0 Å². The van der Waals surface area contributed by atoms with Crippen LogP contribution >= 0.6 is 0 Å². The number of nitrogens with zero attached hydrogens (tertiary/aromatic N) is 1. The summed E-state index contributed by atoms with van der Waals surface area (Å²) in [5, 5.41) is 0. The zero-order valence-corrected chi connectivity index (χ0v) is 8.01. The molecule has 1 unspecified atom stereocenters. The lowest BCUT2D eigenvalue weighted by molar-refractivity contribution is 0.636. The van der Waals surface area contributed by atoms with Crippen LogP contribution in [-0.2, 0) is 0 Å². The van der Waals surface area contributed by atoms with Gasteiger partial charge in [-0.3, -0.25) is 4.99 Å². The van der Waals surface area contributed by atoms with Crippen molar-refractivity contribution in [1.29, 1.82) is 0 Å². The van der Waals surface area contributed by atoms with Crippen LogP contribution in [0.2, 0.25) is 0 Å². The van der Waals surface area contributed by atoms with Gasteiger partial charge in [-0.05, 0) is 25.2 Å². The van der Waals surface area contributed by atoms with Crippen molar-refractivity contribution >= 4 is 5.84 Å². The Balaban J connectivity index is 2.41. The highest BCUT2D eigenvalue weighted by Gasteiger charge is 2.30. The van der Waals surface area contributed by atoms with E-state index in [4.69, 9.17) is 5.84 Å². The molecule has 0 aliphatic heterocycles. The smallest absolute Gasteiger partial charge is 0.113 e. The molecule has 0 aromatic carbocycles. The largest absolute Gasteiger partial charge is 0.312 e. The van der Waals surface area contributed by atoms with Crippen molar-refractivity contribution in [2.24, 2.45) is 22.7 Å². The molecule has 1 atom stereocenters. The van der Waals surface area contributed by atoms with Crippen molar-refractivity contribution in [2.75, 3.05) is 6.54 Å². The van der Waals surface area contributed by atoms with Gasteiger partial charge in [-0.1, -0.05) is 13.8 Å². The Hall–Kier alpha value is -0.570. The molecule has 0 spiro atoms. The number of hydrogen-bond donors (Lipinski definition) is 2. The van der Waals surface area contributed by atoms with Crippen LogP contribution in [-0.4, -0.2) is 12.4 Å². The zero-order valence-electron chi connectivity index (χ0n) is 8.01. The van der Waals surface area contributed by atoms with Crippen LogP contribution in [0.25, 0.3) is 0 Å². The van der Waals surface area contributed by atoms with E-state index in [1.54, 1.807) is 0 Å². The first-order chi connectivity index (χ1) is 5.79. The maximum absolute atomic E-state index is 5.40. The van der Waals surface area contributed by atoms with Gasteiger partial charge in [-0.25, -0.2) is 5.84 Å². The molecule has 1 fully saturated rings. The molecule has 3 nitrogen and oxygen atoms in total. The Morgan fingerprint density at radius 3 is 2.75 bits per heavy atom. The van der Waals surface area contributed by atoms with E-state index in [0.717, 1.165) is 24.7 Å². The molecule has 12 heavy (non-hydrogen) atoms. The zero-order chi connectivity index (χ0) is 8.97. The fourth-order valence-electron chi connectivity index (χ4n) is 1.37. The summed E-state index contributed by atoms with van der Waals surface area (Å²) >= 11 is 0. The number of hydrazine groups is 1. The summed E-state index contributed by atoms with van der Waals surface area (Å²) in [4.78, 5) is 4.40. The summed E-state index contributed by atoms with van der Waals surface area (Å²) in [6, 6.07) is 0. The highest BCUT2D eigenvalue weighted by molar-refractivity contribution is 5.84. The Labute approximate surface area is 74.4 Å². The lowest BCUT2D eigenvalue weighted by Crippen LogP contribution is -2.36. The molecule has 0 bridgehead atoms. The Bertz CT molecular complexity index is 161. The quantitative estimate of drug-likeness (QED) is 0.288. The second-order valence-electron chi connectivity index (χ2n) is 3.54. The molecule has 3 N–H and O–H groups in total. The highest BCUT2D eigenvalue weighted by atomic mass is 15.3. The normalized spacial score (nSPS) is 20.8. The average Bonchev–Trinajstić information content (AvgIpc) is 2.88. The number of rotatable bonds is 4. The number of hydrogen-bond acceptors (Lipinski definition) is 2. The van der Waals surface area contributed by atoms with Crippen LogP contribution in [0.15, 0.2) is 4.99 Å². The Morgan fingerprint density at radius 1 is 1.67 bits per heavy atom. The van der Waals surface area contributed by atoms with E-state index in [1.807, 2.05) is 0 Å². The minimum atomic E-state index is 0.529. The third kappa shape index (κ3) is 2.48. The number of nitrogens with two attached hydrogens (primary N) is 1. The predicted molar refractivity (Wildman–Crippen MR) is 51.8 cm³/mol. The van der Waals surface area contributed by atoms with E-state index >= 15 is 0 Å². The van der Waals surface area contributed by atoms with Crippen molar-refractivity contribution in [1.82, 2.24) is 5.43 Å². The third-order valence-corrected chi connectivity index (χ3v) is 2.41. The number of aliphatic imine (C=N–C) groups is 1. The summed E-state index contributed by atoms with van der Waals surface area (Å²) < 4.78 is 0. The molecule has 0 radical (unpaired) electrons. The van der Waals surface area contributed by atoms with Crippen LogP contribution in [0.4, 0.5) is 0 Å². The van der Waals surface area contributed by atoms with Gasteiger partial charge in [0, 0.05) is 12.5 Å². The van der Waals surface area contributed by atoms with Gasteiger partial charge in [-0.2, -0.15) is 0 Å². The maximum Gasteiger partial charge on any atom is 0.113 e. The first kappa shape index (κ1) is 9.52. The lowest BCUT2D eigenvalue weighted by atomic mass is 10.1. The Kier molecular flexibility index (Phi) is 3.53. The van der Waals surface area contributed by atoms with Crippen molar-refractivity contribution in [3.8, 4) is 0 Å². The summed E-state index contributed by atoms with van der Waals surface area (Å²) in [6.07, 6.45) is 3.77. The van der Waals surface area contributed by atoms with E-state index in [9.17, 15) is 0 Å². The first-order valence-corrected chi connectivity index (χ1v) is 4.80. The number of nitrogens with one attached hydrogen (secondary N) is 1. The topological polar surface area (TPSA) is 50.4 Å². The van der Waals surface area contributed by atoms with Crippen LogP contribution in [0.5, 0.6) is 0 Å². The molecular formula is C9H19N3. The Morgan fingerprint density at radius 2 is 2.33 bits per heavy atom. The summed E-state index contributed by atoms with van der Waals surface area (Å²) in [6.45, 7) is 5.21. The van der Waals surface area contributed by atoms with Gasteiger partial charge in [-0.15, -0.1) is 0 Å². The van der Waals surface area contributed by atoms with Crippen LogP contribution in [0.3, 0.4) is 0 Å². The van der Waals surface area contributed by atoms with Gasteiger partial charge in [0.05, 0.1) is 0 Å². The standard InChI is InChI=1S/C9H19N3/c1-3-6-11-9(12-10)7(2)8-4-5-8/h7-8H,3-6,10H2,1-2H3,(H,11,12). The molecule has 70 valence electrons. The molecular weight excluding hydrogens is 150 g/mol. The fourth-order valence-corrected chi connectivity index (χ4v) is 1.37. The van der Waals surface area contributed by atoms with E-state index in [2.05, 4.69) is 24.3 Å². The van der Waals surface area contributed by atoms with Gasteiger partial charge in [0.25, 0.3) is 0 Å². The molecule has 0 heterocycles. The minimum Gasteiger partial charge on any atom is -0.312 e. The fraction of sp³-hybridized carbons (Fsp3) is 0.889. The summed E-state index contributed by atoms with van der Waals surface area (Å²) in [7, 11) is 0. The minimum absolute atomic E-state index is 0.529. The molecule has 1 aliphatic carbocycles. The third-order valence-electron chi connectivity index (χ3n) is 2.41. The second kappa shape index (κ2) is 4.45. The molecule has 0 amide bonds. The van der Waals surface area contributed by atoms with Gasteiger partial charge in [0.15, 0.2) is 0 Å². The second-order valence-corrected chi connectivity index (χ2v) is 3.54. The molecule has 0 aromatic rings. The van der Waals surface area contributed by atoms with Crippen molar-refractivity contribution in [3.63, 3.8) is 0 Å². The lowest BCUT2D eigenvalue weighted by Gasteiger charge is -2.12. The van der Waals surface area contributed by atoms with Crippen molar-refractivity contribution in [2.45, 2.75) is 33.1 Å². The maximum atomic E-state index is 5.40. The summed E-state index contributed by atoms with van der Waals surface area (Å²) in [5.41, 5.74) is 2.71. The molecule has 1 aliphatic rings. The monoisotopic (exact) mass is 169 g/mol. The van der Waals surface area contributed by atoms with Crippen LogP contribution in [0.1, 0.15) is 33.1 Å². The summed E-state index contributed by atoms with van der Waals surface area (Å²) in [5.74, 6) is 7.74. The number of amidine groups is 1. The van der Waals surface area contributed by atoms with Gasteiger partial charge >= 0.3 is 0 Å². The molecule has 0 aromatic heterocycles. The SMILES string of the molecule is CCCN=C(NN)C(C)C1CC1. The van der Waals surface area contributed by atoms with Crippen LogP contribution in [0, 0.1) is 11.8 Å². The molecule has 1 saturated carbocycles. The predicted octanol–water partition coefficient (Wildman–Crippen LogP) is 1.30. The van der Waals surface area contributed by atoms with Crippen molar-refractivity contribution in [3.05, 3.63) is 0 Å². The first-order valence-electron chi connectivity index (χ1n) is 4.80. The van der Waals surface area contributed by atoms with E-state index < -0.39 is 0 Å². The molecule has 3 heteroatoms. The van der Waals surface area contributed by atoms with E-state index in [0.29, 0.717) is 5.92 Å². The highest BCUT2D eigenvalue weighted by Crippen LogP contribution is 2.36. The van der Waals surface area contributed by atoms with Gasteiger partial charge in [0.1, 0.15) is 5.84 Å². The van der Waals surface area contributed by atoms with Crippen molar-refractivity contribution < 1.29 is 0 Å². The average molecular weight is 169 g/mol. The van der Waals surface area contributed by atoms with Crippen LogP contribution < -0.4 is 11.3 Å². The molecule has 0 saturated heterocycles. The van der Waals surface area contributed by atoms with E-state index in [1.165, 1.54) is 12.8 Å². The van der Waals surface area contributed by atoms with Gasteiger partial charge in [0.2, 0.25) is 0 Å².